The van der Waals surface area contributed by atoms with E-state index >= 15 is 0 Å². The first-order chi connectivity index (χ1) is 11.8. The predicted molar refractivity (Wildman–Crippen MR) is 93.0 cm³/mol. The Bertz CT molecular complexity index is 766. The zero-order valence-corrected chi connectivity index (χ0v) is 14.7. The van der Waals surface area contributed by atoms with E-state index in [9.17, 15) is 18.8 Å². The third kappa shape index (κ3) is 3.13. The maximum Gasteiger partial charge on any atom is 0.295 e. The molecule has 25 heavy (non-hydrogen) atoms. The van der Waals surface area contributed by atoms with E-state index in [1.165, 1.54) is 24.0 Å². The third-order valence-corrected chi connectivity index (χ3v) is 5.41. The molecular formula is C19H19ClFNO3. The molecule has 1 aromatic carbocycles. The van der Waals surface area contributed by atoms with E-state index in [0.29, 0.717) is 0 Å². The molecule has 1 heterocycles. The first-order valence-corrected chi connectivity index (χ1v) is 8.68. The molecule has 0 N–H and O–H groups in total. The Morgan fingerprint density at radius 3 is 2.48 bits per heavy atom. The first-order valence-electron chi connectivity index (χ1n) is 8.30. The van der Waals surface area contributed by atoms with Crippen LogP contribution in [-0.2, 0) is 14.4 Å². The zero-order valence-electron chi connectivity index (χ0n) is 13.9. The van der Waals surface area contributed by atoms with Crippen molar-refractivity contribution in [3.05, 3.63) is 41.2 Å². The van der Waals surface area contributed by atoms with Crippen LogP contribution < -0.4 is 4.90 Å². The molecule has 1 saturated heterocycles. The second-order valence-electron chi connectivity index (χ2n) is 6.80. The lowest BCUT2D eigenvalue weighted by Crippen LogP contribution is -2.44. The quantitative estimate of drug-likeness (QED) is 0.467. The van der Waals surface area contributed by atoms with Gasteiger partial charge in [-0.15, -0.1) is 0 Å². The summed E-state index contributed by atoms with van der Waals surface area (Å²) in [5.74, 6) is -3.71. The van der Waals surface area contributed by atoms with Gasteiger partial charge in [0.05, 0.1) is 11.7 Å². The number of Topliss-reactive ketones (excluding diaryl/α,β-unsaturated/α-hetero) is 2. The van der Waals surface area contributed by atoms with E-state index in [0.717, 1.165) is 37.3 Å². The number of allylic oxidation sites excluding steroid dienone is 1. The van der Waals surface area contributed by atoms with Gasteiger partial charge in [0.15, 0.2) is 0 Å². The van der Waals surface area contributed by atoms with Crippen molar-refractivity contribution in [3.63, 3.8) is 0 Å². The molecule has 3 rings (SSSR count). The van der Waals surface area contributed by atoms with Gasteiger partial charge in [-0.1, -0.05) is 23.8 Å². The molecule has 1 aliphatic heterocycles. The standard InChI is InChI=1S/C19H19ClFNO3/c1-10-3-5-12(6-4-10)17-16(11(2)23)18(24)19(25)22(17)15-8-7-13(20)9-14(15)21/h7-9,12,16-17H,1,3-6H2,2H3. The average Bonchev–Trinajstić information content (AvgIpc) is 2.80. The number of carbonyl (C=O) groups excluding carboxylic acids is 3. The predicted octanol–water partition coefficient (Wildman–Crippen LogP) is 3.72. The summed E-state index contributed by atoms with van der Waals surface area (Å²) in [6.07, 6.45) is 3.01. The second kappa shape index (κ2) is 6.71. The molecular weight excluding hydrogens is 345 g/mol. The van der Waals surface area contributed by atoms with Gasteiger partial charge < -0.3 is 0 Å². The normalized spacial score (nSPS) is 24.9. The van der Waals surface area contributed by atoms with Crippen molar-refractivity contribution >= 4 is 34.8 Å². The number of hydrogen-bond acceptors (Lipinski definition) is 3. The molecule has 0 radical (unpaired) electrons. The van der Waals surface area contributed by atoms with Crippen molar-refractivity contribution in [2.75, 3.05) is 4.90 Å². The molecule has 2 unspecified atom stereocenters. The minimum atomic E-state index is -1.04. The average molecular weight is 364 g/mol. The summed E-state index contributed by atoms with van der Waals surface area (Å²) in [5, 5.41) is 0.202. The molecule has 1 saturated carbocycles. The van der Waals surface area contributed by atoms with Crippen molar-refractivity contribution in [3.8, 4) is 0 Å². The largest absolute Gasteiger partial charge is 0.299 e. The lowest BCUT2D eigenvalue weighted by Gasteiger charge is -2.36. The number of nitrogens with zero attached hydrogens (tertiary/aromatic N) is 1. The van der Waals surface area contributed by atoms with Crippen LogP contribution in [0, 0.1) is 17.7 Å². The maximum atomic E-state index is 14.4. The van der Waals surface area contributed by atoms with Crippen LogP contribution >= 0.6 is 11.6 Å². The molecule has 4 nitrogen and oxygen atoms in total. The Balaban J connectivity index is 2.06. The highest BCUT2D eigenvalue weighted by molar-refractivity contribution is 6.48. The summed E-state index contributed by atoms with van der Waals surface area (Å²) in [6.45, 7) is 5.28. The number of amides is 1. The fraction of sp³-hybridized carbons (Fsp3) is 0.421. The Labute approximate surface area is 150 Å². The topological polar surface area (TPSA) is 54.5 Å². The van der Waals surface area contributed by atoms with Crippen molar-refractivity contribution in [2.45, 2.75) is 38.6 Å². The van der Waals surface area contributed by atoms with Gasteiger partial charge in [-0.05, 0) is 56.7 Å². The molecule has 0 aromatic heterocycles. The van der Waals surface area contributed by atoms with Crippen LogP contribution in [0.15, 0.2) is 30.4 Å². The van der Waals surface area contributed by atoms with Crippen LogP contribution in [0.2, 0.25) is 5.02 Å². The van der Waals surface area contributed by atoms with Gasteiger partial charge in [0.25, 0.3) is 5.91 Å². The molecule has 2 aliphatic rings. The van der Waals surface area contributed by atoms with Crippen molar-refractivity contribution in [1.82, 2.24) is 0 Å². The molecule has 6 heteroatoms. The van der Waals surface area contributed by atoms with Crippen LogP contribution in [0.25, 0.3) is 0 Å². The Morgan fingerprint density at radius 1 is 1.28 bits per heavy atom. The first kappa shape index (κ1) is 17.8. The molecule has 1 aromatic rings. The minimum absolute atomic E-state index is 0.000833. The van der Waals surface area contributed by atoms with Gasteiger partial charge in [-0.2, -0.15) is 0 Å². The van der Waals surface area contributed by atoms with E-state index in [2.05, 4.69) is 6.58 Å². The molecule has 0 bridgehead atoms. The lowest BCUT2D eigenvalue weighted by atomic mass is 9.76. The van der Waals surface area contributed by atoms with E-state index in [-0.39, 0.29) is 22.4 Å². The summed E-state index contributed by atoms with van der Waals surface area (Å²) in [6, 6.07) is 3.31. The molecule has 2 fully saturated rings. The summed E-state index contributed by atoms with van der Waals surface area (Å²) in [5.41, 5.74) is 1.12. The van der Waals surface area contributed by atoms with Crippen molar-refractivity contribution in [1.29, 1.82) is 0 Å². The summed E-state index contributed by atoms with van der Waals surface area (Å²) >= 11 is 5.79. The smallest absolute Gasteiger partial charge is 0.295 e. The fourth-order valence-corrected chi connectivity index (χ4v) is 4.09. The van der Waals surface area contributed by atoms with E-state index in [4.69, 9.17) is 11.6 Å². The monoisotopic (exact) mass is 363 g/mol. The SMILES string of the molecule is C=C1CCC(C2C(C(C)=O)C(=O)C(=O)N2c2ccc(Cl)cc2F)CC1. The number of anilines is 1. The lowest BCUT2D eigenvalue weighted by molar-refractivity contribution is -0.138. The van der Waals surface area contributed by atoms with Gasteiger partial charge in [-0.3, -0.25) is 19.3 Å². The van der Waals surface area contributed by atoms with Crippen LogP contribution in [0.3, 0.4) is 0 Å². The number of halogens is 2. The van der Waals surface area contributed by atoms with Crippen LogP contribution in [0.4, 0.5) is 10.1 Å². The number of ketones is 2. The summed E-state index contributed by atoms with van der Waals surface area (Å²) in [7, 11) is 0. The Morgan fingerprint density at radius 2 is 1.92 bits per heavy atom. The highest BCUT2D eigenvalue weighted by Gasteiger charge is 2.53. The third-order valence-electron chi connectivity index (χ3n) is 5.18. The van der Waals surface area contributed by atoms with Gasteiger partial charge >= 0.3 is 0 Å². The van der Waals surface area contributed by atoms with E-state index in [1.54, 1.807) is 0 Å². The van der Waals surface area contributed by atoms with Crippen molar-refractivity contribution < 1.29 is 18.8 Å². The van der Waals surface area contributed by atoms with Gasteiger partial charge in [0, 0.05) is 5.02 Å². The number of hydrogen-bond donors (Lipinski definition) is 0. The highest BCUT2D eigenvalue weighted by Crippen LogP contribution is 2.41. The molecule has 2 atom stereocenters. The van der Waals surface area contributed by atoms with E-state index in [1.807, 2.05) is 0 Å². The summed E-state index contributed by atoms with van der Waals surface area (Å²) in [4.78, 5) is 38.3. The summed E-state index contributed by atoms with van der Waals surface area (Å²) < 4.78 is 14.4. The molecule has 1 amide bonds. The zero-order chi connectivity index (χ0) is 18.3. The van der Waals surface area contributed by atoms with Gasteiger partial charge in [0.1, 0.15) is 17.5 Å². The number of benzene rings is 1. The number of carbonyl (C=O) groups is 3. The second-order valence-corrected chi connectivity index (χ2v) is 7.24. The Kier molecular flexibility index (Phi) is 4.78. The molecule has 1 aliphatic carbocycles. The fourth-order valence-electron chi connectivity index (χ4n) is 3.94. The Hall–Kier alpha value is -2.01. The van der Waals surface area contributed by atoms with Gasteiger partial charge in [-0.25, -0.2) is 4.39 Å². The number of rotatable bonds is 3. The van der Waals surface area contributed by atoms with Crippen LogP contribution in [0.5, 0.6) is 0 Å². The van der Waals surface area contributed by atoms with Gasteiger partial charge in [0.2, 0.25) is 5.78 Å². The maximum absolute atomic E-state index is 14.4. The van der Waals surface area contributed by atoms with Crippen LogP contribution in [-0.4, -0.2) is 23.5 Å². The molecule has 0 spiro atoms. The van der Waals surface area contributed by atoms with Crippen LogP contribution in [0.1, 0.15) is 32.6 Å². The molecule has 132 valence electrons. The minimum Gasteiger partial charge on any atom is -0.299 e. The van der Waals surface area contributed by atoms with E-state index < -0.39 is 29.5 Å². The van der Waals surface area contributed by atoms with Crippen molar-refractivity contribution in [2.24, 2.45) is 11.8 Å². The highest BCUT2D eigenvalue weighted by atomic mass is 35.5.